The minimum atomic E-state index is -4.22. The summed E-state index contributed by atoms with van der Waals surface area (Å²) in [6.07, 6.45) is -3.89. The number of alkyl halides is 3. The number of halogens is 4. The van der Waals surface area contributed by atoms with E-state index in [4.69, 9.17) is 4.74 Å². The van der Waals surface area contributed by atoms with Gasteiger partial charge in [0.25, 0.3) is 0 Å². The lowest BCUT2D eigenvalue weighted by Crippen LogP contribution is -2.30. The van der Waals surface area contributed by atoms with Crippen molar-refractivity contribution in [2.45, 2.75) is 19.5 Å². The highest BCUT2D eigenvalue weighted by atomic mass is 19.4. The largest absolute Gasteiger partial charge is 0.491 e. The summed E-state index contributed by atoms with van der Waals surface area (Å²) in [5.74, 6) is -0.338. The van der Waals surface area contributed by atoms with E-state index in [2.05, 4.69) is 5.32 Å². The molecule has 0 aliphatic rings. The van der Waals surface area contributed by atoms with E-state index < -0.39 is 18.5 Å². The molecule has 0 spiro atoms. The van der Waals surface area contributed by atoms with E-state index in [0.717, 1.165) is 0 Å². The van der Waals surface area contributed by atoms with E-state index in [1.54, 1.807) is 13.0 Å². The molecule has 2 nitrogen and oxygen atoms in total. The molecule has 6 heteroatoms. The Hall–Kier alpha value is -1.30. The molecule has 0 aliphatic carbocycles. The molecule has 1 aromatic carbocycles. The van der Waals surface area contributed by atoms with Gasteiger partial charge in [-0.2, -0.15) is 13.2 Å². The molecule has 1 aromatic rings. The molecule has 102 valence electrons. The summed E-state index contributed by atoms with van der Waals surface area (Å²) < 4.78 is 54.0. The molecule has 0 saturated heterocycles. The standard InChI is InChI=1S/C12H15F4NO/c1-2-18-11-4-3-9(7-10(11)13)5-6-17-8-12(14,15)16/h3-4,7,17H,2,5-6,8H2,1H3. The summed E-state index contributed by atoms with van der Waals surface area (Å²) in [7, 11) is 0. The average Bonchev–Trinajstić information content (AvgIpc) is 2.27. The normalized spacial score (nSPS) is 11.6. The molecule has 0 aromatic heterocycles. The first-order valence-corrected chi connectivity index (χ1v) is 5.61. The van der Waals surface area contributed by atoms with Gasteiger partial charge < -0.3 is 10.1 Å². The second-order valence-electron chi connectivity index (χ2n) is 3.74. The molecule has 0 saturated carbocycles. The highest BCUT2D eigenvalue weighted by molar-refractivity contribution is 5.29. The highest BCUT2D eigenvalue weighted by Gasteiger charge is 2.25. The Kier molecular flexibility index (Phi) is 5.40. The van der Waals surface area contributed by atoms with Gasteiger partial charge in [0.15, 0.2) is 11.6 Å². The summed E-state index contributed by atoms with van der Waals surface area (Å²) >= 11 is 0. The Morgan fingerprint density at radius 1 is 1.28 bits per heavy atom. The fraction of sp³-hybridized carbons (Fsp3) is 0.500. The van der Waals surface area contributed by atoms with Crippen molar-refractivity contribution in [3.63, 3.8) is 0 Å². The second-order valence-corrected chi connectivity index (χ2v) is 3.74. The summed E-state index contributed by atoms with van der Waals surface area (Å²) in [4.78, 5) is 0. The Labute approximate surface area is 103 Å². The van der Waals surface area contributed by atoms with Crippen molar-refractivity contribution < 1.29 is 22.3 Å². The van der Waals surface area contributed by atoms with Crippen LogP contribution in [0, 0.1) is 5.82 Å². The Morgan fingerprint density at radius 2 is 2.00 bits per heavy atom. The quantitative estimate of drug-likeness (QED) is 0.630. The predicted octanol–water partition coefficient (Wildman–Crippen LogP) is 2.92. The molecule has 1 N–H and O–H groups in total. The predicted molar refractivity (Wildman–Crippen MR) is 60.2 cm³/mol. The minimum absolute atomic E-state index is 0.146. The van der Waals surface area contributed by atoms with Gasteiger partial charge in [-0.15, -0.1) is 0 Å². The van der Waals surface area contributed by atoms with Crippen molar-refractivity contribution in [2.24, 2.45) is 0 Å². The summed E-state index contributed by atoms with van der Waals surface area (Å²) in [6.45, 7) is 1.22. The van der Waals surface area contributed by atoms with Gasteiger partial charge in [0, 0.05) is 0 Å². The smallest absolute Gasteiger partial charge is 0.401 e. The van der Waals surface area contributed by atoms with E-state index in [1.165, 1.54) is 12.1 Å². The lowest BCUT2D eigenvalue weighted by molar-refractivity contribution is -0.124. The van der Waals surface area contributed by atoms with Crippen LogP contribution in [0.15, 0.2) is 18.2 Å². The van der Waals surface area contributed by atoms with Gasteiger partial charge in [-0.1, -0.05) is 6.07 Å². The van der Waals surface area contributed by atoms with Crippen LogP contribution in [0.1, 0.15) is 12.5 Å². The summed E-state index contributed by atoms with van der Waals surface area (Å²) in [5, 5.41) is 2.25. The monoisotopic (exact) mass is 265 g/mol. The Balaban J connectivity index is 2.41. The SMILES string of the molecule is CCOc1ccc(CCNCC(F)(F)F)cc1F. The topological polar surface area (TPSA) is 21.3 Å². The third-order valence-electron chi connectivity index (χ3n) is 2.21. The molecule has 0 bridgehead atoms. The number of hydrogen-bond donors (Lipinski definition) is 1. The van der Waals surface area contributed by atoms with Crippen molar-refractivity contribution >= 4 is 0 Å². The molecule has 0 fully saturated rings. The van der Waals surface area contributed by atoms with E-state index in [-0.39, 0.29) is 12.3 Å². The fourth-order valence-electron chi connectivity index (χ4n) is 1.44. The molecule has 0 heterocycles. The average molecular weight is 265 g/mol. The van der Waals surface area contributed by atoms with Crippen LogP contribution in [-0.2, 0) is 6.42 Å². The number of nitrogens with one attached hydrogen (secondary N) is 1. The lowest BCUT2D eigenvalue weighted by Gasteiger charge is -2.09. The van der Waals surface area contributed by atoms with Crippen LogP contribution >= 0.6 is 0 Å². The van der Waals surface area contributed by atoms with Crippen molar-refractivity contribution in [3.8, 4) is 5.75 Å². The van der Waals surface area contributed by atoms with E-state index in [1.807, 2.05) is 0 Å². The van der Waals surface area contributed by atoms with E-state index >= 15 is 0 Å². The van der Waals surface area contributed by atoms with Crippen molar-refractivity contribution in [1.82, 2.24) is 5.32 Å². The molecule has 0 unspecified atom stereocenters. The lowest BCUT2D eigenvalue weighted by atomic mass is 10.1. The van der Waals surface area contributed by atoms with Gasteiger partial charge in [-0.25, -0.2) is 4.39 Å². The maximum absolute atomic E-state index is 13.4. The number of rotatable bonds is 6. The molecule has 1 rings (SSSR count). The highest BCUT2D eigenvalue weighted by Crippen LogP contribution is 2.18. The summed E-state index contributed by atoms with van der Waals surface area (Å²) in [5.41, 5.74) is 0.630. The molecule has 0 radical (unpaired) electrons. The van der Waals surface area contributed by atoms with Gasteiger partial charge in [-0.05, 0) is 37.6 Å². The first-order valence-electron chi connectivity index (χ1n) is 5.61. The third kappa shape index (κ3) is 5.35. The number of ether oxygens (including phenoxy) is 1. The zero-order chi connectivity index (χ0) is 13.6. The van der Waals surface area contributed by atoms with Crippen molar-refractivity contribution in [2.75, 3.05) is 19.7 Å². The second kappa shape index (κ2) is 6.58. The van der Waals surface area contributed by atoms with Crippen molar-refractivity contribution in [1.29, 1.82) is 0 Å². The molecule has 0 atom stereocenters. The zero-order valence-electron chi connectivity index (χ0n) is 9.98. The van der Waals surface area contributed by atoms with Gasteiger partial charge in [0.1, 0.15) is 0 Å². The zero-order valence-corrected chi connectivity index (χ0v) is 9.98. The molecule has 18 heavy (non-hydrogen) atoms. The molecular formula is C12H15F4NO. The van der Waals surface area contributed by atoms with Crippen LogP contribution < -0.4 is 10.1 Å². The number of benzene rings is 1. The number of hydrogen-bond acceptors (Lipinski definition) is 2. The van der Waals surface area contributed by atoms with Crippen molar-refractivity contribution in [3.05, 3.63) is 29.6 Å². The molecular weight excluding hydrogens is 250 g/mol. The van der Waals surface area contributed by atoms with Crippen LogP contribution in [-0.4, -0.2) is 25.9 Å². The van der Waals surface area contributed by atoms with Crippen LogP contribution in [0.25, 0.3) is 0 Å². The first-order chi connectivity index (χ1) is 8.42. The van der Waals surface area contributed by atoms with Crippen LogP contribution in [0.4, 0.5) is 17.6 Å². The molecule has 0 amide bonds. The fourth-order valence-corrected chi connectivity index (χ4v) is 1.44. The maximum atomic E-state index is 13.4. The van der Waals surface area contributed by atoms with Crippen LogP contribution in [0.3, 0.4) is 0 Å². The van der Waals surface area contributed by atoms with Gasteiger partial charge in [0.2, 0.25) is 0 Å². The van der Waals surface area contributed by atoms with Gasteiger partial charge >= 0.3 is 6.18 Å². The first kappa shape index (κ1) is 14.8. The van der Waals surface area contributed by atoms with E-state index in [0.29, 0.717) is 18.6 Å². The van der Waals surface area contributed by atoms with Gasteiger partial charge in [0.05, 0.1) is 13.2 Å². The minimum Gasteiger partial charge on any atom is -0.491 e. The maximum Gasteiger partial charge on any atom is 0.401 e. The Morgan fingerprint density at radius 3 is 2.56 bits per heavy atom. The molecule has 0 aliphatic heterocycles. The Bertz CT molecular complexity index is 379. The third-order valence-corrected chi connectivity index (χ3v) is 2.21. The van der Waals surface area contributed by atoms with Gasteiger partial charge in [-0.3, -0.25) is 0 Å². The van der Waals surface area contributed by atoms with E-state index in [9.17, 15) is 17.6 Å². The van der Waals surface area contributed by atoms with Crippen LogP contribution in [0.5, 0.6) is 5.75 Å². The summed E-state index contributed by atoms with van der Waals surface area (Å²) in [6, 6.07) is 4.40. The van der Waals surface area contributed by atoms with Crippen LogP contribution in [0.2, 0.25) is 0 Å².